The third kappa shape index (κ3) is 6.16. The topological polar surface area (TPSA) is 86.8 Å². The number of carbonyl (C=O) groups excluding carboxylic acids is 2. The number of thiophene rings is 1. The van der Waals surface area contributed by atoms with E-state index in [4.69, 9.17) is 0 Å². The van der Waals surface area contributed by atoms with E-state index in [0.29, 0.717) is 13.1 Å². The highest BCUT2D eigenvalue weighted by Gasteiger charge is 2.40. The molecule has 2 amide bonds. The molecule has 12 heteroatoms. The monoisotopic (exact) mass is 517 g/mol. The van der Waals surface area contributed by atoms with Crippen LogP contribution in [0.1, 0.15) is 30.2 Å². The van der Waals surface area contributed by atoms with Gasteiger partial charge in [-0.1, -0.05) is 18.2 Å². The Morgan fingerprint density at radius 3 is 2.41 bits per heavy atom. The van der Waals surface area contributed by atoms with Crippen molar-refractivity contribution in [2.45, 2.75) is 37.4 Å². The van der Waals surface area contributed by atoms with Gasteiger partial charge in [0.1, 0.15) is 0 Å². The number of rotatable bonds is 8. The highest BCUT2D eigenvalue weighted by Crippen LogP contribution is 2.36. The Morgan fingerprint density at radius 1 is 1.15 bits per heavy atom. The zero-order valence-electron chi connectivity index (χ0n) is 18.5. The van der Waals surface area contributed by atoms with Gasteiger partial charge in [-0.15, -0.1) is 11.3 Å². The Balaban J connectivity index is 1.60. The SMILES string of the molecule is CCN(CC(=O)NCc1cccs1)C(=O)C1CCN(S(=O)(=O)c2ccccc2C(F)(F)F)CC1. The summed E-state index contributed by atoms with van der Waals surface area (Å²) in [4.78, 5) is 26.8. The molecule has 186 valence electrons. The summed E-state index contributed by atoms with van der Waals surface area (Å²) < 4.78 is 66.8. The molecule has 0 spiro atoms. The van der Waals surface area contributed by atoms with Gasteiger partial charge in [0.15, 0.2) is 0 Å². The molecule has 0 atom stereocenters. The Morgan fingerprint density at radius 2 is 1.82 bits per heavy atom. The number of nitrogens with zero attached hydrogens (tertiary/aromatic N) is 2. The zero-order valence-corrected chi connectivity index (χ0v) is 20.2. The van der Waals surface area contributed by atoms with Crippen molar-refractivity contribution < 1.29 is 31.2 Å². The molecule has 7 nitrogen and oxygen atoms in total. The highest BCUT2D eigenvalue weighted by atomic mass is 32.2. The van der Waals surface area contributed by atoms with Gasteiger partial charge < -0.3 is 10.2 Å². The van der Waals surface area contributed by atoms with Crippen LogP contribution >= 0.6 is 11.3 Å². The quantitative estimate of drug-likeness (QED) is 0.582. The molecule has 1 aromatic heterocycles. The average Bonchev–Trinajstić information content (AvgIpc) is 3.34. The average molecular weight is 518 g/mol. The molecule has 1 saturated heterocycles. The van der Waals surface area contributed by atoms with Crippen molar-refractivity contribution in [1.29, 1.82) is 0 Å². The lowest BCUT2D eigenvalue weighted by molar-refractivity contribution is -0.140. The van der Waals surface area contributed by atoms with Crippen LogP contribution in [-0.2, 0) is 32.3 Å². The van der Waals surface area contributed by atoms with Crippen molar-refractivity contribution >= 4 is 33.2 Å². The number of amides is 2. The molecule has 0 aliphatic carbocycles. The van der Waals surface area contributed by atoms with E-state index in [9.17, 15) is 31.2 Å². The number of halogens is 3. The summed E-state index contributed by atoms with van der Waals surface area (Å²) in [6.45, 7) is 2.16. The Bertz CT molecular complexity index is 1100. The van der Waals surface area contributed by atoms with E-state index in [1.165, 1.54) is 22.3 Å². The molecule has 1 fully saturated rings. The molecular formula is C22H26F3N3O4S2. The van der Waals surface area contributed by atoms with Gasteiger partial charge in [-0.05, 0) is 43.3 Å². The van der Waals surface area contributed by atoms with Crippen LogP contribution in [0.2, 0.25) is 0 Å². The van der Waals surface area contributed by atoms with Crippen LogP contribution in [0.25, 0.3) is 0 Å². The van der Waals surface area contributed by atoms with Gasteiger partial charge in [0.25, 0.3) is 0 Å². The first-order chi connectivity index (χ1) is 16.0. The smallest absolute Gasteiger partial charge is 0.350 e. The minimum absolute atomic E-state index is 0.0763. The Hall–Kier alpha value is -2.44. The van der Waals surface area contributed by atoms with Gasteiger partial charge in [0, 0.05) is 30.4 Å². The molecule has 3 rings (SSSR count). The maximum absolute atomic E-state index is 13.3. The number of alkyl halides is 3. The number of piperidine rings is 1. The Labute approximate surface area is 200 Å². The van der Waals surface area contributed by atoms with Crippen LogP contribution < -0.4 is 5.32 Å². The number of hydrogen-bond donors (Lipinski definition) is 1. The third-order valence-corrected chi connectivity index (χ3v) is 8.51. The van der Waals surface area contributed by atoms with E-state index in [2.05, 4.69) is 5.32 Å². The first-order valence-corrected chi connectivity index (χ1v) is 13.1. The number of nitrogens with one attached hydrogen (secondary N) is 1. The van der Waals surface area contributed by atoms with Crippen LogP contribution in [0.15, 0.2) is 46.7 Å². The molecule has 0 saturated carbocycles. The minimum atomic E-state index is -4.80. The molecule has 34 heavy (non-hydrogen) atoms. The molecule has 0 unspecified atom stereocenters. The van der Waals surface area contributed by atoms with Gasteiger partial charge in [-0.25, -0.2) is 8.42 Å². The van der Waals surface area contributed by atoms with E-state index < -0.39 is 32.6 Å². The fraction of sp³-hybridized carbons (Fsp3) is 0.455. The van der Waals surface area contributed by atoms with Crippen LogP contribution in [0.5, 0.6) is 0 Å². The molecule has 0 radical (unpaired) electrons. The summed E-state index contributed by atoms with van der Waals surface area (Å²) >= 11 is 1.51. The van der Waals surface area contributed by atoms with Crippen LogP contribution in [-0.4, -0.2) is 55.6 Å². The van der Waals surface area contributed by atoms with Gasteiger partial charge >= 0.3 is 6.18 Å². The van der Waals surface area contributed by atoms with Crippen molar-refractivity contribution in [2.24, 2.45) is 5.92 Å². The van der Waals surface area contributed by atoms with E-state index >= 15 is 0 Å². The molecule has 2 aromatic rings. The lowest BCUT2D eigenvalue weighted by atomic mass is 9.96. The first-order valence-electron chi connectivity index (χ1n) is 10.8. The van der Waals surface area contributed by atoms with E-state index in [1.54, 1.807) is 6.92 Å². The lowest BCUT2D eigenvalue weighted by Gasteiger charge is -2.33. The number of hydrogen-bond acceptors (Lipinski definition) is 5. The molecule has 1 N–H and O–H groups in total. The summed E-state index contributed by atoms with van der Waals surface area (Å²) in [5.41, 5.74) is -1.21. The molecule has 1 aliphatic rings. The second-order valence-electron chi connectivity index (χ2n) is 7.88. The molecular weight excluding hydrogens is 491 g/mol. The van der Waals surface area contributed by atoms with E-state index in [-0.39, 0.29) is 44.3 Å². The molecule has 2 heterocycles. The minimum Gasteiger partial charge on any atom is -0.350 e. The van der Waals surface area contributed by atoms with Crippen molar-refractivity contribution in [1.82, 2.24) is 14.5 Å². The fourth-order valence-corrected chi connectivity index (χ4v) is 6.17. The number of benzene rings is 1. The van der Waals surface area contributed by atoms with Crippen molar-refractivity contribution in [3.05, 3.63) is 52.2 Å². The maximum Gasteiger partial charge on any atom is 0.417 e. The summed E-state index contributed by atoms with van der Waals surface area (Å²) in [7, 11) is -4.37. The maximum atomic E-state index is 13.3. The standard InChI is InChI=1S/C22H26F3N3O4S2/c1-2-27(15-20(29)26-14-17-6-5-13-33-17)21(30)16-9-11-28(12-10-16)34(31,32)19-8-4-3-7-18(19)22(23,24)25/h3-8,13,16H,2,9-12,14-15H2,1H3,(H,26,29). The summed E-state index contributed by atoms with van der Waals surface area (Å²) in [5, 5.41) is 4.67. The number of carbonyl (C=O) groups is 2. The number of likely N-dealkylation sites (N-methyl/N-ethyl adjacent to an activating group) is 1. The largest absolute Gasteiger partial charge is 0.417 e. The van der Waals surface area contributed by atoms with Crippen LogP contribution in [0.4, 0.5) is 13.2 Å². The lowest BCUT2D eigenvalue weighted by Crippen LogP contribution is -2.47. The Kier molecular flexibility index (Phi) is 8.37. The van der Waals surface area contributed by atoms with Gasteiger partial charge in [-0.3, -0.25) is 9.59 Å². The zero-order chi connectivity index (χ0) is 24.9. The summed E-state index contributed by atoms with van der Waals surface area (Å²) in [5.74, 6) is -1.07. The molecule has 0 bridgehead atoms. The predicted molar refractivity (Wildman–Crippen MR) is 121 cm³/mol. The normalized spacial score (nSPS) is 15.8. The molecule has 1 aromatic carbocycles. The second kappa shape index (κ2) is 10.9. The van der Waals surface area contributed by atoms with Gasteiger partial charge in [0.05, 0.1) is 23.5 Å². The van der Waals surface area contributed by atoms with Crippen LogP contribution in [0, 0.1) is 5.92 Å². The van der Waals surface area contributed by atoms with E-state index in [1.807, 2.05) is 17.5 Å². The van der Waals surface area contributed by atoms with Gasteiger partial charge in [-0.2, -0.15) is 17.5 Å². The predicted octanol–water partition coefficient (Wildman–Crippen LogP) is 3.33. The first kappa shape index (κ1) is 26.2. The van der Waals surface area contributed by atoms with Crippen molar-refractivity contribution in [2.75, 3.05) is 26.2 Å². The highest BCUT2D eigenvalue weighted by molar-refractivity contribution is 7.89. The third-order valence-electron chi connectivity index (χ3n) is 5.68. The number of sulfonamides is 1. The molecule has 1 aliphatic heterocycles. The van der Waals surface area contributed by atoms with Crippen molar-refractivity contribution in [3.8, 4) is 0 Å². The fourth-order valence-electron chi connectivity index (χ4n) is 3.84. The van der Waals surface area contributed by atoms with Gasteiger partial charge in [0.2, 0.25) is 21.8 Å². The van der Waals surface area contributed by atoms with Crippen molar-refractivity contribution in [3.63, 3.8) is 0 Å². The second-order valence-corrected chi connectivity index (χ2v) is 10.8. The van der Waals surface area contributed by atoms with Crippen LogP contribution in [0.3, 0.4) is 0 Å². The van der Waals surface area contributed by atoms with E-state index in [0.717, 1.165) is 27.4 Å². The summed E-state index contributed by atoms with van der Waals surface area (Å²) in [6, 6.07) is 7.85. The summed E-state index contributed by atoms with van der Waals surface area (Å²) in [6.07, 6.45) is -4.47.